The van der Waals surface area contributed by atoms with Gasteiger partial charge in [-0.15, -0.1) is 0 Å². The summed E-state index contributed by atoms with van der Waals surface area (Å²) in [6.45, 7) is 6.81. The Morgan fingerprint density at radius 3 is 2.93 bits per heavy atom. The molecule has 3 unspecified atom stereocenters. The van der Waals surface area contributed by atoms with Crippen LogP contribution < -0.4 is 5.73 Å². The minimum absolute atomic E-state index is 0.356. The largest absolute Gasteiger partial charge is 0.327 e. The summed E-state index contributed by atoms with van der Waals surface area (Å²) in [6, 6.07) is 3.10. The minimum Gasteiger partial charge on any atom is -0.327 e. The van der Waals surface area contributed by atoms with Crippen LogP contribution in [0.3, 0.4) is 0 Å². The lowest BCUT2D eigenvalue weighted by atomic mass is 9.94. The van der Waals surface area contributed by atoms with Crippen molar-refractivity contribution < 1.29 is 0 Å². The summed E-state index contributed by atoms with van der Waals surface area (Å²) in [6.07, 6.45) is 1.17. The van der Waals surface area contributed by atoms with Crippen LogP contribution in [0.5, 0.6) is 0 Å². The van der Waals surface area contributed by atoms with E-state index in [-0.39, 0.29) is 0 Å². The van der Waals surface area contributed by atoms with Crippen molar-refractivity contribution >= 4 is 11.3 Å². The third kappa shape index (κ3) is 2.60. The molecule has 0 spiro atoms. The summed E-state index contributed by atoms with van der Waals surface area (Å²) < 4.78 is 0. The lowest BCUT2D eigenvalue weighted by Crippen LogP contribution is -2.47. The number of rotatable bonds is 2. The molecule has 1 saturated heterocycles. The van der Waals surface area contributed by atoms with E-state index in [4.69, 9.17) is 5.73 Å². The fourth-order valence-electron chi connectivity index (χ4n) is 2.48. The quantitative estimate of drug-likeness (QED) is 0.836. The molecule has 15 heavy (non-hydrogen) atoms. The van der Waals surface area contributed by atoms with Crippen LogP contribution in [0, 0.1) is 5.92 Å². The molecule has 0 saturated carbocycles. The molecule has 1 aliphatic rings. The van der Waals surface area contributed by atoms with Crippen molar-refractivity contribution in [1.29, 1.82) is 0 Å². The molecule has 1 aromatic rings. The molecule has 1 fully saturated rings. The van der Waals surface area contributed by atoms with Gasteiger partial charge in [0.2, 0.25) is 0 Å². The number of nitrogens with two attached hydrogens (primary N) is 1. The summed E-state index contributed by atoms with van der Waals surface area (Å²) in [5.74, 6) is 0.731. The monoisotopic (exact) mass is 224 g/mol. The number of likely N-dealkylation sites (tertiary alicyclic amines) is 1. The number of hydrogen-bond acceptors (Lipinski definition) is 3. The lowest BCUT2D eigenvalue weighted by molar-refractivity contribution is 0.124. The van der Waals surface area contributed by atoms with Crippen molar-refractivity contribution in [3.05, 3.63) is 22.4 Å². The van der Waals surface area contributed by atoms with Gasteiger partial charge in [-0.1, -0.05) is 6.92 Å². The van der Waals surface area contributed by atoms with E-state index in [1.54, 1.807) is 11.3 Å². The van der Waals surface area contributed by atoms with Gasteiger partial charge >= 0.3 is 0 Å². The first kappa shape index (κ1) is 11.1. The summed E-state index contributed by atoms with van der Waals surface area (Å²) in [5, 5.41) is 4.40. The molecule has 1 aliphatic heterocycles. The topological polar surface area (TPSA) is 29.3 Å². The Balaban J connectivity index is 2.03. The highest BCUT2D eigenvalue weighted by Crippen LogP contribution is 2.27. The van der Waals surface area contributed by atoms with Gasteiger partial charge in [-0.3, -0.25) is 4.90 Å². The van der Waals surface area contributed by atoms with Crippen molar-refractivity contribution in [2.75, 3.05) is 13.1 Å². The highest BCUT2D eigenvalue weighted by Gasteiger charge is 2.26. The summed E-state index contributed by atoms with van der Waals surface area (Å²) in [4.78, 5) is 2.51. The van der Waals surface area contributed by atoms with Crippen LogP contribution in [0.25, 0.3) is 0 Å². The van der Waals surface area contributed by atoms with Crippen LogP contribution in [0.15, 0.2) is 16.8 Å². The third-order valence-electron chi connectivity index (χ3n) is 3.29. The molecule has 84 valence electrons. The fraction of sp³-hybridized carbons (Fsp3) is 0.667. The normalized spacial score (nSPS) is 30.3. The maximum atomic E-state index is 6.07. The van der Waals surface area contributed by atoms with Gasteiger partial charge in [-0.2, -0.15) is 11.3 Å². The Labute approximate surface area is 96.1 Å². The van der Waals surface area contributed by atoms with E-state index in [0.717, 1.165) is 12.5 Å². The zero-order chi connectivity index (χ0) is 10.8. The highest BCUT2D eigenvalue weighted by molar-refractivity contribution is 7.07. The Morgan fingerprint density at radius 2 is 2.33 bits per heavy atom. The molecule has 1 aromatic heterocycles. The summed E-state index contributed by atoms with van der Waals surface area (Å²) in [5.41, 5.74) is 7.50. The van der Waals surface area contributed by atoms with Gasteiger partial charge in [0.25, 0.3) is 0 Å². The molecule has 2 heterocycles. The van der Waals surface area contributed by atoms with Crippen LogP contribution in [0.2, 0.25) is 0 Å². The van der Waals surface area contributed by atoms with Crippen molar-refractivity contribution in [2.45, 2.75) is 32.4 Å². The van der Waals surface area contributed by atoms with Gasteiger partial charge in [-0.25, -0.2) is 0 Å². The van der Waals surface area contributed by atoms with Crippen molar-refractivity contribution in [1.82, 2.24) is 4.90 Å². The number of piperidine rings is 1. The zero-order valence-electron chi connectivity index (χ0n) is 9.52. The second-order valence-corrected chi connectivity index (χ2v) is 5.57. The fourth-order valence-corrected chi connectivity index (χ4v) is 3.23. The molecule has 0 bridgehead atoms. The Kier molecular flexibility index (Phi) is 3.44. The van der Waals surface area contributed by atoms with Crippen LogP contribution in [-0.4, -0.2) is 24.0 Å². The molecule has 0 aliphatic carbocycles. The Bertz CT molecular complexity index is 287. The number of nitrogens with zero attached hydrogens (tertiary/aromatic N) is 1. The molecule has 3 heteroatoms. The SMILES string of the molecule is CC1CC(N)CN(C(C)c2ccsc2)C1. The smallest absolute Gasteiger partial charge is 0.0328 e. The lowest BCUT2D eigenvalue weighted by Gasteiger charge is -2.38. The van der Waals surface area contributed by atoms with Gasteiger partial charge in [0.05, 0.1) is 0 Å². The highest BCUT2D eigenvalue weighted by atomic mass is 32.1. The van der Waals surface area contributed by atoms with E-state index in [1.807, 2.05) is 0 Å². The van der Waals surface area contributed by atoms with E-state index >= 15 is 0 Å². The Morgan fingerprint density at radius 1 is 1.53 bits per heavy atom. The van der Waals surface area contributed by atoms with Crippen LogP contribution >= 0.6 is 11.3 Å². The second kappa shape index (κ2) is 4.64. The predicted octanol–water partition coefficient (Wildman–Crippen LogP) is 2.48. The van der Waals surface area contributed by atoms with Crippen LogP contribution in [-0.2, 0) is 0 Å². The van der Waals surface area contributed by atoms with Gasteiger partial charge < -0.3 is 5.73 Å². The average Bonchev–Trinajstić information content (AvgIpc) is 2.67. The van der Waals surface area contributed by atoms with E-state index in [1.165, 1.54) is 18.5 Å². The second-order valence-electron chi connectivity index (χ2n) is 4.79. The van der Waals surface area contributed by atoms with Crippen LogP contribution in [0.4, 0.5) is 0 Å². The van der Waals surface area contributed by atoms with Gasteiger partial charge in [0.15, 0.2) is 0 Å². The molecule has 2 rings (SSSR count). The first-order valence-corrected chi connectivity index (χ1v) is 6.63. The first-order chi connectivity index (χ1) is 7.16. The van der Waals surface area contributed by atoms with Gasteiger partial charge in [0.1, 0.15) is 0 Å². The molecule has 0 amide bonds. The van der Waals surface area contributed by atoms with Gasteiger partial charge in [0, 0.05) is 25.2 Å². The molecule has 2 nitrogen and oxygen atoms in total. The van der Waals surface area contributed by atoms with E-state index < -0.39 is 0 Å². The van der Waals surface area contributed by atoms with Crippen molar-refractivity contribution in [3.8, 4) is 0 Å². The maximum Gasteiger partial charge on any atom is 0.0328 e. The average molecular weight is 224 g/mol. The molecule has 0 aromatic carbocycles. The van der Waals surface area contributed by atoms with Crippen molar-refractivity contribution in [2.24, 2.45) is 11.7 Å². The third-order valence-corrected chi connectivity index (χ3v) is 4.00. The summed E-state index contributed by atoms with van der Waals surface area (Å²) in [7, 11) is 0. The molecular weight excluding hydrogens is 204 g/mol. The maximum absolute atomic E-state index is 6.07. The number of hydrogen-bond donors (Lipinski definition) is 1. The van der Waals surface area contributed by atoms with Crippen molar-refractivity contribution in [3.63, 3.8) is 0 Å². The molecule has 3 atom stereocenters. The van der Waals surface area contributed by atoms with E-state index in [2.05, 4.69) is 35.6 Å². The first-order valence-electron chi connectivity index (χ1n) is 5.68. The Hall–Kier alpha value is -0.380. The van der Waals surface area contributed by atoms with Crippen LogP contribution in [0.1, 0.15) is 31.9 Å². The predicted molar refractivity (Wildman–Crippen MR) is 66.1 cm³/mol. The molecular formula is C12H20N2S. The minimum atomic E-state index is 0.356. The number of thiophene rings is 1. The van der Waals surface area contributed by atoms with E-state index in [0.29, 0.717) is 12.1 Å². The zero-order valence-corrected chi connectivity index (χ0v) is 10.3. The van der Waals surface area contributed by atoms with E-state index in [9.17, 15) is 0 Å². The van der Waals surface area contributed by atoms with Gasteiger partial charge in [-0.05, 0) is 41.7 Å². The summed E-state index contributed by atoms with van der Waals surface area (Å²) >= 11 is 1.78. The standard InChI is InChI=1S/C12H20N2S/c1-9-5-12(13)7-14(6-9)10(2)11-3-4-15-8-11/h3-4,8-10,12H,5-7,13H2,1-2H3. The molecule has 2 N–H and O–H groups in total. The molecule has 0 radical (unpaired) electrons.